The number of hydrogen-bond donors (Lipinski definition) is 1. The molecule has 0 unspecified atom stereocenters. The maximum atomic E-state index is 14.0. The molecule has 25 heavy (non-hydrogen) atoms. The van der Waals surface area contributed by atoms with Crippen molar-refractivity contribution in [2.24, 2.45) is 0 Å². The van der Waals surface area contributed by atoms with Crippen LogP contribution in [0.15, 0.2) is 23.0 Å². The van der Waals surface area contributed by atoms with Gasteiger partial charge in [-0.05, 0) is 12.5 Å². The molecule has 0 fully saturated rings. The summed E-state index contributed by atoms with van der Waals surface area (Å²) in [5, 5.41) is 0. The molecule has 1 aromatic carbocycles. The Hall–Kier alpha value is -2.42. The Morgan fingerprint density at radius 1 is 1.36 bits per heavy atom. The summed E-state index contributed by atoms with van der Waals surface area (Å²) in [5.74, 6) is -1.39. The molecule has 0 aliphatic carbocycles. The number of benzene rings is 1. The standard InChI is InChI=1S/C16H15F4N3O2/c1-25-10-3-2-9(12(17)6-10)7-23-5-4-11-13(8-23)21-15(16(18,19)20)22-14(11)24/h2-3,6H,4-5,7-8H2,1H3,(H,21,22,24). The van der Waals surface area contributed by atoms with E-state index in [1.165, 1.54) is 13.2 Å². The van der Waals surface area contributed by atoms with Crippen LogP contribution in [0.3, 0.4) is 0 Å². The number of rotatable bonds is 3. The third-order valence-corrected chi connectivity index (χ3v) is 4.08. The van der Waals surface area contributed by atoms with Crippen molar-refractivity contribution in [3.8, 4) is 5.75 Å². The molecular weight excluding hydrogens is 342 g/mol. The average Bonchev–Trinajstić information content (AvgIpc) is 2.55. The van der Waals surface area contributed by atoms with Crippen LogP contribution < -0.4 is 10.3 Å². The lowest BCUT2D eigenvalue weighted by molar-refractivity contribution is -0.145. The van der Waals surface area contributed by atoms with Crippen molar-refractivity contribution in [2.45, 2.75) is 25.7 Å². The van der Waals surface area contributed by atoms with Gasteiger partial charge in [0.1, 0.15) is 11.6 Å². The van der Waals surface area contributed by atoms with Crippen molar-refractivity contribution in [1.29, 1.82) is 0 Å². The Balaban J connectivity index is 1.83. The summed E-state index contributed by atoms with van der Waals surface area (Å²) in [6, 6.07) is 4.43. The molecule has 0 saturated carbocycles. The lowest BCUT2D eigenvalue weighted by Crippen LogP contribution is -2.36. The van der Waals surface area contributed by atoms with Crippen LogP contribution >= 0.6 is 0 Å². The van der Waals surface area contributed by atoms with Crippen LogP contribution in [0.4, 0.5) is 17.6 Å². The lowest BCUT2D eigenvalue weighted by Gasteiger charge is -2.28. The van der Waals surface area contributed by atoms with E-state index in [-0.39, 0.29) is 30.8 Å². The predicted molar refractivity (Wildman–Crippen MR) is 80.6 cm³/mol. The van der Waals surface area contributed by atoms with Gasteiger partial charge in [0.05, 0.1) is 12.8 Å². The van der Waals surface area contributed by atoms with E-state index >= 15 is 0 Å². The van der Waals surface area contributed by atoms with Crippen molar-refractivity contribution in [1.82, 2.24) is 14.9 Å². The van der Waals surface area contributed by atoms with Crippen LogP contribution in [0.1, 0.15) is 22.6 Å². The first-order chi connectivity index (χ1) is 11.8. The summed E-state index contributed by atoms with van der Waals surface area (Å²) in [4.78, 5) is 18.9. The number of aromatic amines is 1. The van der Waals surface area contributed by atoms with Crippen molar-refractivity contribution in [2.75, 3.05) is 13.7 Å². The molecule has 134 valence electrons. The van der Waals surface area contributed by atoms with E-state index in [4.69, 9.17) is 4.74 Å². The minimum Gasteiger partial charge on any atom is -0.497 e. The van der Waals surface area contributed by atoms with Crippen molar-refractivity contribution < 1.29 is 22.3 Å². The molecule has 1 aromatic heterocycles. The summed E-state index contributed by atoms with van der Waals surface area (Å²) < 4.78 is 57.4. The molecule has 0 amide bonds. The molecule has 0 saturated heterocycles. The number of methoxy groups -OCH3 is 1. The summed E-state index contributed by atoms with van der Waals surface area (Å²) in [6.45, 7) is 0.674. The molecule has 0 spiro atoms. The Morgan fingerprint density at radius 3 is 2.76 bits per heavy atom. The number of nitrogens with one attached hydrogen (secondary N) is 1. The van der Waals surface area contributed by atoms with E-state index in [9.17, 15) is 22.4 Å². The van der Waals surface area contributed by atoms with Gasteiger partial charge in [-0.2, -0.15) is 13.2 Å². The predicted octanol–water partition coefficient (Wildman–Crippen LogP) is 2.49. The second-order valence-corrected chi connectivity index (χ2v) is 5.76. The van der Waals surface area contributed by atoms with Gasteiger partial charge in [0.15, 0.2) is 0 Å². The molecule has 1 aliphatic heterocycles. The zero-order valence-corrected chi connectivity index (χ0v) is 13.3. The molecule has 0 bridgehead atoms. The number of aromatic nitrogens is 2. The first kappa shape index (κ1) is 17.4. The van der Waals surface area contributed by atoms with Crippen molar-refractivity contribution in [3.63, 3.8) is 0 Å². The molecule has 2 aromatic rings. The quantitative estimate of drug-likeness (QED) is 0.858. The maximum absolute atomic E-state index is 14.0. The average molecular weight is 357 g/mol. The topological polar surface area (TPSA) is 58.2 Å². The number of hydrogen-bond acceptors (Lipinski definition) is 4. The molecule has 9 heteroatoms. The number of fused-ring (bicyclic) bond motifs is 1. The highest BCUT2D eigenvalue weighted by Crippen LogP contribution is 2.27. The van der Waals surface area contributed by atoms with Crippen LogP contribution in [-0.4, -0.2) is 28.5 Å². The van der Waals surface area contributed by atoms with Gasteiger partial charge in [-0.3, -0.25) is 9.69 Å². The van der Waals surface area contributed by atoms with Crippen molar-refractivity contribution in [3.05, 3.63) is 57.0 Å². The van der Waals surface area contributed by atoms with E-state index in [2.05, 4.69) is 4.98 Å². The lowest BCUT2D eigenvalue weighted by atomic mass is 10.1. The number of H-pyrrole nitrogens is 1. The van der Waals surface area contributed by atoms with Gasteiger partial charge in [-0.15, -0.1) is 0 Å². The van der Waals surface area contributed by atoms with Crippen LogP contribution in [0.5, 0.6) is 5.75 Å². The number of alkyl halides is 3. The van der Waals surface area contributed by atoms with Gasteiger partial charge in [0.2, 0.25) is 5.82 Å². The first-order valence-electron chi connectivity index (χ1n) is 7.52. The number of halogens is 4. The number of ether oxygens (including phenoxy) is 1. The third kappa shape index (κ3) is 3.65. The molecule has 3 rings (SSSR count). The van der Waals surface area contributed by atoms with Gasteiger partial charge >= 0.3 is 6.18 Å². The maximum Gasteiger partial charge on any atom is 0.449 e. The fourth-order valence-electron chi connectivity index (χ4n) is 2.79. The van der Waals surface area contributed by atoms with Gasteiger partial charge in [0.25, 0.3) is 5.56 Å². The number of nitrogens with zero attached hydrogens (tertiary/aromatic N) is 2. The molecular formula is C16H15F4N3O2. The Labute approximate surface area is 140 Å². The highest BCUT2D eigenvalue weighted by Gasteiger charge is 2.36. The largest absolute Gasteiger partial charge is 0.497 e. The third-order valence-electron chi connectivity index (χ3n) is 4.08. The van der Waals surface area contributed by atoms with Gasteiger partial charge in [-0.1, -0.05) is 6.07 Å². The normalized spacial score (nSPS) is 15.1. The fraction of sp³-hybridized carbons (Fsp3) is 0.375. The zero-order chi connectivity index (χ0) is 18.2. The summed E-state index contributed by atoms with van der Waals surface area (Å²) in [6.07, 6.45) is -4.47. The van der Waals surface area contributed by atoms with Crippen LogP contribution in [0, 0.1) is 5.82 Å². The van der Waals surface area contributed by atoms with E-state index in [0.717, 1.165) is 0 Å². The minimum atomic E-state index is -4.72. The van der Waals surface area contributed by atoms with Crippen LogP contribution in [0.25, 0.3) is 0 Å². The van der Waals surface area contributed by atoms with Crippen molar-refractivity contribution >= 4 is 0 Å². The molecule has 0 atom stereocenters. The Kier molecular flexibility index (Phi) is 4.51. The highest BCUT2D eigenvalue weighted by atomic mass is 19.4. The molecule has 2 heterocycles. The summed E-state index contributed by atoms with van der Waals surface area (Å²) >= 11 is 0. The monoisotopic (exact) mass is 357 g/mol. The molecule has 0 radical (unpaired) electrons. The second kappa shape index (κ2) is 6.47. The van der Waals surface area contributed by atoms with Gasteiger partial charge in [-0.25, -0.2) is 9.37 Å². The van der Waals surface area contributed by atoms with Gasteiger partial charge < -0.3 is 9.72 Å². The van der Waals surface area contributed by atoms with E-state index in [1.807, 2.05) is 0 Å². The van der Waals surface area contributed by atoms with Gasteiger partial charge in [0, 0.05) is 36.8 Å². The highest BCUT2D eigenvalue weighted by molar-refractivity contribution is 5.29. The summed E-state index contributed by atoms with van der Waals surface area (Å²) in [7, 11) is 1.43. The summed E-state index contributed by atoms with van der Waals surface area (Å²) in [5.41, 5.74) is -0.0477. The van der Waals surface area contributed by atoms with Crippen LogP contribution in [0.2, 0.25) is 0 Å². The van der Waals surface area contributed by atoms with E-state index in [1.54, 1.807) is 22.0 Å². The smallest absolute Gasteiger partial charge is 0.449 e. The molecule has 1 aliphatic rings. The zero-order valence-electron chi connectivity index (χ0n) is 13.3. The Morgan fingerprint density at radius 2 is 2.12 bits per heavy atom. The molecule has 5 nitrogen and oxygen atoms in total. The van der Waals surface area contributed by atoms with E-state index < -0.39 is 23.4 Å². The Bertz CT molecular complexity index is 848. The fourth-order valence-corrected chi connectivity index (χ4v) is 2.79. The first-order valence-corrected chi connectivity index (χ1v) is 7.52. The van der Waals surface area contributed by atoms with E-state index in [0.29, 0.717) is 17.9 Å². The minimum absolute atomic E-state index is 0.0494. The van der Waals surface area contributed by atoms with Crippen LogP contribution in [-0.2, 0) is 25.7 Å². The second-order valence-electron chi connectivity index (χ2n) is 5.76. The SMILES string of the molecule is COc1ccc(CN2CCc3c(nc(C(F)(F)F)[nH]c3=O)C2)c(F)c1. The molecule has 1 N–H and O–H groups in total.